The Bertz CT molecular complexity index is 857. The van der Waals surface area contributed by atoms with Crippen LogP contribution in [0.5, 0.6) is 0 Å². The Balaban J connectivity index is 1.28. The van der Waals surface area contributed by atoms with Crippen LogP contribution in [0.25, 0.3) is 0 Å². The summed E-state index contributed by atoms with van der Waals surface area (Å²) >= 11 is 1.88. The number of rotatable bonds is 4. The van der Waals surface area contributed by atoms with Gasteiger partial charge in [-0.25, -0.2) is 9.67 Å². The normalized spacial score (nSPS) is 20.2. The SMILES string of the molecule is O=c1cc2c(nn1CC1CN(c3nccnc3C3CC3)C1)CCSC2. The molecule has 0 unspecified atom stereocenters. The van der Waals surface area contributed by atoms with Gasteiger partial charge in [0.05, 0.1) is 17.9 Å². The van der Waals surface area contributed by atoms with Gasteiger partial charge in [0.2, 0.25) is 0 Å². The van der Waals surface area contributed by atoms with Gasteiger partial charge in [0.1, 0.15) is 0 Å². The van der Waals surface area contributed by atoms with E-state index in [0.29, 0.717) is 18.4 Å². The highest BCUT2D eigenvalue weighted by Crippen LogP contribution is 2.43. The highest BCUT2D eigenvalue weighted by atomic mass is 32.2. The van der Waals surface area contributed by atoms with Gasteiger partial charge in [-0.2, -0.15) is 16.9 Å². The maximum absolute atomic E-state index is 12.3. The molecular weight excluding hydrogens is 334 g/mol. The molecule has 3 aliphatic rings. The van der Waals surface area contributed by atoms with Crippen LogP contribution in [0.1, 0.15) is 35.7 Å². The van der Waals surface area contributed by atoms with E-state index < -0.39 is 0 Å². The van der Waals surface area contributed by atoms with Crippen molar-refractivity contribution in [3.63, 3.8) is 0 Å². The van der Waals surface area contributed by atoms with Crippen LogP contribution >= 0.6 is 11.8 Å². The Morgan fingerprint density at radius 1 is 1.20 bits per heavy atom. The second kappa shape index (κ2) is 6.12. The monoisotopic (exact) mass is 355 g/mol. The molecule has 5 rings (SSSR count). The second-order valence-electron chi connectivity index (χ2n) is 7.25. The number of aromatic nitrogens is 4. The van der Waals surface area contributed by atoms with Crippen LogP contribution in [0, 0.1) is 5.92 Å². The lowest BCUT2D eigenvalue weighted by Gasteiger charge is -2.40. The van der Waals surface area contributed by atoms with Crippen molar-refractivity contribution in [2.45, 2.75) is 37.5 Å². The molecule has 0 N–H and O–H groups in total. The molecule has 1 aliphatic carbocycles. The summed E-state index contributed by atoms with van der Waals surface area (Å²) in [6.45, 7) is 2.56. The van der Waals surface area contributed by atoms with Gasteiger partial charge in [0.25, 0.3) is 5.56 Å². The highest BCUT2D eigenvalue weighted by Gasteiger charge is 2.35. The Hall–Kier alpha value is -1.89. The van der Waals surface area contributed by atoms with Crippen molar-refractivity contribution in [3.8, 4) is 0 Å². The number of nitrogens with zero attached hydrogens (tertiary/aromatic N) is 5. The van der Waals surface area contributed by atoms with E-state index in [0.717, 1.165) is 53.8 Å². The number of thioether (sulfide) groups is 1. The summed E-state index contributed by atoms with van der Waals surface area (Å²) in [6.07, 6.45) is 7.01. The van der Waals surface area contributed by atoms with Crippen molar-refractivity contribution in [1.82, 2.24) is 19.7 Å². The fraction of sp³-hybridized carbons (Fsp3) is 0.556. The Morgan fingerprint density at radius 3 is 2.88 bits per heavy atom. The summed E-state index contributed by atoms with van der Waals surface area (Å²) in [4.78, 5) is 23.7. The minimum absolute atomic E-state index is 0.0397. The average molecular weight is 355 g/mol. The quantitative estimate of drug-likeness (QED) is 0.834. The van der Waals surface area contributed by atoms with Crippen LogP contribution < -0.4 is 10.5 Å². The molecule has 1 saturated carbocycles. The third kappa shape index (κ3) is 2.94. The smallest absolute Gasteiger partial charge is 0.267 e. The zero-order chi connectivity index (χ0) is 16.8. The van der Waals surface area contributed by atoms with Gasteiger partial charge >= 0.3 is 0 Å². The summed E-state index contributed by atoms with van der Waals surface area (Å²) in [5.74, 6) is 4.13. The lowest BCUT2D eigenvalue weighted by Crippen LogP contribution is -2.50. The lowest BCUT2D eigenvalue weighted by atomic mass is 9.99. The number of hydrogen-bond donors (Lipinski definition) is 0. The van der Waals surface area contributed by atoms with Gasteiger partial charge in [-0.3, -0.25) is 9.78 Å². The molecule has 0 aromatic carbocycles. The summed E-state index contributed by atoms with van der Waals surface area (Å²) in [5.41, 5.74) is 3.43. The van der Waals surface area contributed by atoms with Gasteiger partial charge in [-0.1, -0.05) is 0 Å². The van der Waals surface area contributed by atoms with Gasteiger partial charge in [-0.15, -0.1) is 0 Å². The van der Waals surface area contributed by atoms with Crippen molar-refractivity contribution in [3.05, 3.63) is 45.8 Å². The highest BCUT2D eigenvalue weighted by molar-refractivity contribution is 7.98. The van der Waals surface area contributed by atoms with E-state index in [1.54, 1.807) is 23.1 Å². The van der Waals surface area contributed by atoms with E-state index in [2.05, 4.69) is 20.0 Å². The van der Waals surface area contributed by atoms with Crippen molar-refractivity contribution in [1.29, 1.82) is 0 Å². The zero-order valence-electron chi connectivity index (χ0n) is 14.1. The summed E-state index contributed by atoms with van der Waals surface area (Å²) in [7, 11) is 0. The van der Waals surface area contributed by atoms with Gasteiger partial charge in [0, 0.05) is 55.6 Å². The van der Waals surface area contributed by atoms with Gasteiger partial charge in [-0.05, 0) is 24.2 Å². The van der Waals surface area contributed by atoms with E-state index in [9.17, 15) is 4.79 Å². The number of aryl methyl sites for hydroxylation is 1. The van der Waals surface area contributed by atoms with Crippen molar-refractivity contribution >= 4 is 17.6 Å². The fourth-order valence-corrected chi connectivity index (χ4v) is 4.67. The maximum Gasteiger partial charge on any atom is 0.267 e. The van der Waals surface area contributed by atoms with Crippen molar-refractivity contribution in [2.75, 3.05) is 23.7 Å². The molecule has 7 heteroatoms. The Kier molecular flexibility index (Phi) is 3.77. The number of fused-ring (bicyclic) bond motifs is 1. The summed E-state index contributed by atoms with van der Waals surface area (Å²) in [6, 6.07) is 1.79. The molecule has 2 aromatic heterocycles. The van der Waals surface area contributed by atoms with E-state index in [-0.39, 0.29) is 5.56 Å². The molecule has 130 valence electrons. The molecule has 2 aromatic rings. The van der Waals surface area contributed by atoms with Crippen molar-refractivity contribution in [2.24, 2.45) is 5.92 Å². The van der Waals surface area contributed by atoms with E-state index in [4.69, 9.17) is 0 Å². The van der Waals surface area contributed by atoms with E-state index in [1.165, 1.54) is 12.8 Å². The molecule has 25 heavy (non-hydrogen) atoms. The molecular formula is C18H21N5OS. The first-order valence-electron chi connectivity index (χ1n) is 9.01. The average Bonchev–Trinajstić information content (AvgIpc) is 3.43. The third-order valence-corrected chi connectivity index (χ3v) is 6.27. The van der Waals surface area contributed by atoms with E-state index in [1.807, 2.05) is 11.8 Å². The third-order valence-electron chi connectivity index (χ3n) is 5.26. The summed E-state index contributed by atoms with van der Waals surface area (Å²) < 4.78 is 1.68. The fourth-order valence-electron chi connectivity index (χ4n) is 3.72. The molecule has 6 nitrogen and oxygen atoms in total. The largest absolute Gasteiger partial charge is 0.354 e. The van der Waals surface area contributed by atoms with Crippen LogP contribution in [0.2, 0.25) is 0 Å². The van der Waals surface area contributed by atoms with Crippen LogP contribution in [0.3, 0.4) is 0 Å². The van der Waals surface area contributed by atoms with Gasteiger partial charge in [0.15, 0.2) is 5.82 Å². The molecule has 4 heterocycles. The maximum atomic E-state index is 12.3. The molecule has 0 bridgehead atoms. The lowest BCUT2D eigenvalue weighted by molar-refractivity contribution is 0.330. The van der Waals surface area contributed by atoms with Crippen LogP contribution in [-0.2, 0) is 18.7 Å². The number of anilines is 1. The molecule has 1 saturated heterocycles. The van der Waals surface area contributed by atoms with Crippen molar-refractivity contribution < 1.29 is 0 Å². The first kappa shape index (κ1) is 15.4. The topological polar surface area (TPSA) is 63.9 Å². The summed E-state index contributed by atoms with van der Waals surface area (Å²) in [5, 5.41) is 4.63. The molecule has 0 radical (unpaired) electrons. The standard InChI is InChI=1S/C18H21N5OS/c24-16-7-14-11-25-6-3-15(14)21-23(16)10-12-8-22(9-12)18-17(13-1-2-13)19-4-5-20-18/h4-5,7,12-13H,1-3,6,8-11H2. The zero-order valence-corrected chi connectivity index (χ0v) is 14.9. The van der Waals surface area contributed by atoms with Crippen LogP contribution in [0.15, 0.2) is 23.3 Å². The van der Waals surface area contributed by atoms with Crippen LogP contribution in [-0.4, -0.2) is 38.6 Å². The van der Waals surface area contributed by atoms with Crippen LogP contribution in [0.4, 0.5) is 5.82 Å². The predicted molar refractivity (Wildman–Crippen MR) is 98.1 cm³/mol. The minimum atomic E-state index is 0.0397. The Morgan fingerprint density at radius 2 is 2.04 bits per heavy atom. The molecule has 0 amide bonds. The minimum Gasteiger partial charge on any atom is -0.354 e. The van der Waals surface area contributed by atoms with Gasteiger partial charge < -0.3 is 4.90 Å². The molecule has 2 aliphatic heterocycles. The Labute approximate surface area is 150 Å². The predicted octanol–water partition coefficient (Wildman–Crippen LogP) is 1.84. The second-order valence-corrected chi connectivity index (χ2v) is 8.35. The molecule has 0 atom stereocenters. The van der Waals surface area contributed by atoms with E-state index >= 15 is 0 Å². The molecule has 0 spiro atoms. The number of hydrogen-bond acceptors (Lipinski definition) is 6. The first-order valence-corrected chi connectivity index (χ1v) is 10.2. The first-order chi connectivity index (χ1) is 12.3. The molecule has 2 fully saturated rings.